The average Bonchev–Trinajstić information content (AvgIpc) is 2.01. The molecule has 2 amide bonds. The molecule has 68 valence electrons. The Morgan fingerprint density at radius 1 is 1.00 bits per heavy atom. The molecule has 1 aliphatic heterocycles. The van der Waals surface area contributed by atoms with E-state index in [1.165, 1.54) is 0 Å². The highest BCUT2D eigenvalue weighted by molar-refractivity contribution is 5.76. The minimum Gasteiger partial charge on any atom is -0.270 e. The predicted molar refractivity (Wildman–Crippen MR) is 36.4 cm³/mol. The van der Waals surface area contributed by atoms with Crippen LogP contribution < -0.4 is 0 Å². The molecule has 0 aliphatic carbocycles. The maximum Gasteiger partial charge on any atom is 0.278 e. The highest BCUT2D eigenvalue weighted by Crippen LogP contribution is 2.15. The second kappa shape index (κ2) is 3.51. The molecule has 0 atom stereocenters. The second-order valence-corrected chi connectivity index (χ2v) is 2.17. The van der Waals surface area contributed by atoms with Gasteiger partial charge in [-0.3, -0.25) is 9.59 Å². The molecule has 0 unspecified atom stereocenters. The molecule has 0 bridgehead atoms. The fourth-order valence-electron chi connectivity index (χ4n) is 0.581. The van der Waals surface area contributed by atoms with Gasteiger partial charge in [0.05, 0.1) is 0 Å². The van der Waals surface area contributed by atoms with Gasteiger partial charge in [0.15, 0.2) is 0 Å². The quantitative estimate of drug-likeness (QED) is 0.598. The van der Waals surface area contributed by atoms with Crippen molar-refractivity contribution in [2.24, 2.45) is 0 Å². The number of hydrogen-bond acceptors (Lipinski definition) is 4. The SMILES string of the molecule is CCC(=O)N1ON(C(=O)CC)O1. The number of rotatable bonds is 2. The summed E-state index contributed by atoms with van der Waals surface area (Å²) in [6.45, 7) is 3.33. The first-order chi connectivity index (χ1) is 5.69. The fourth-order valence-corrected chi connectivity index (χ4v) is 0.581. The lowest BCUT2D eigenvalue weighted by molar-refractivity contribution is -0.664. The van der Waals surface area contributed by atoms with Gasteiger partial charge >= 0.3 is 0 Å². The normalized spacial score (nSPS) is 15.8. The molecule has 0 spiro atoms. The minimum absolute atomic E-state index is 0.272. The third-order valence-electron chi connectivity index (χ3n) is 1.31. The number of carbonyl (C=O) groups is 2. The minimum atomic E-state index is -0.324. The van der Waals surface area contributed by atoms with Crippen molar-refractivity contribution < 1.29 is 19.5 Å². The fraction of sp³-hybridized carbons (Fsp3) is 0.667. The molecule has 0 N–H and O–H groups in total. The van der Waals surface area contributed by atoms with Crippen molar-refractivity contribution in [3.8, 4) is 0 Å². The van der Waals surface area contributed by atoms with E-state index in [0.29, 0.717) is 10.5 Å². The van der Waals surface area contributed by atoms with E-state index in [-0.39, 0.29) is 24.7 Å². The lowest BCUT2D eigenvalue weighted by atomic mass is 10.5. The topological polar surface area (TPSA) is 59.1 Å². The van der Waals surface area contributed by atoms with Gasteiger partial charge in [-0.05, 0) is 10.5 Å². The predicted octanol–water partition coefficient (Wildman–Crippen LogP) is 0.170. The van der Waals surface area contributed by atoms with Crippen LogP contribution in [-0.4, -0.2) is 22.3 Å². The first-order valence-electron chi connectivity index (χ1n) is 3.71. The van der Waals surface area contributed by atoms with Crippen LogP contribution in [0, 0.1) is 0 Å². The van der Waals surface area contributed by atoms with E-state index in [0.717, 1.165) is 0 Å². The highest BCUT2D eigenvalue weighted by Gasteiger charge is 2.35. The maximum atomic E-state index is 10.8. The van der Waals surface area contributed by atoms with Crippen molar-refractivity contribution in [3.05, 3.63) is 0 Å². The van der Waals surface area contributed by atoms with Crippen molar-refractivity contribution >= 4 is 11.8 Å². The van der Waals surface area contributed by atoms with Crippen molar-refractivity contribution in [2.75, 3.05) is 0 Å². The van der Waals surface area contributed by atoms with Gasteiger partial charge in [-0.15, -0.1) is 0 Å². The number of carbonyl (C=O) groups excluding carboxylic acids is 2. The van der Waals surface area contributed by atoms with E-state index in [4.69, 9.17) is 0 Å². The van der Waals surface area contributed by atoms with E-state index in [1.807, 2.05) is 0 Å². The molecule has 1 aliphatic rings. The Balaban J connectivity index is 2.28. The van der Waals surface area contributed by atoms with E-state index in [1.54, 1.807) is 13.8 Å². The Morgan fingerprint density at radius 2 is 1.33 bits per heavy atom. The molecule has 12 heavy (non-hydrogen) atoms. The summed E-state index contributed by atoms with van der Waals surface area (Å²) in [5.74, 6) is -0.648. The van der Waals surface area contributed by atoms with Crippen LogP contribution in [0.15, 0.2) is 0 Å². The number of hydrogen-bond donors (Lipinski definition) is 0. The van der Waals surface area contributed by atoms with Gasteiger partial charge in [-0.1, -0.05) is 23.7 Å². The molecule has 1 rings (SSSR count). The van der Waals surface area contributed by atoms with E-state index >= 15 is 0 Å². The summed E-state index contributed by atoms with van der Waals surface area (Å²) in [5, 5.41) is 1.35. The van der Waals surface area contributed by atoms with Crippen LogP contribution in [0.2, 0.25) is 0 Å². The summed E-state index contributed by atoms with van der Waals surface area (Å²) < 4.78 is 0. The van der Waals surface area contributed by atoms with Gasteiger partial charge in [0.2, 0.25) is 0 Å². The Kier molecular flexibility index (Phi) is 2.61. The third-order valence-corrected chi connectivity index (χ3v) is 1.31. The van der Waals surface area contributed by atoms with E-state index in [9.17, 15) is 9.59 Å². The van der Waals surface area contributed by atoms with Crippen LogP contribution in [0.3, 0.4) is 0 Å². The molecule has 0 aromatic heterocycles. The Morgan fingerprint density at radius 3 is 1.58 bits per heavy atom. The molecule has 1 heterocycles. The molecule has 0 radical (unpaired) electrons. The van der Waals surface area contributed by atoms with Crippen LogP contribution in [0.4, 0.5) is 0 Å². The Labute approximate surface area is 69.4 Å². The van der Waals surface area contributed by atoms with Crippen LogP contribution in [0.1, 0.15) is 26.7 Å². The summed E-state index contributed by atoms with van der Waals surface area (Å²) in [4.78, 5) is 30.8. The standard InChI is InChI=1S/C6H10N2O4/c1-3-5(9)7-11-8(12-7)6(10)4-2/h3-4H2,1-2H3. The first kappa shape index (κ1) is 8.95. The molecule has 0 saturated carbocycles. The average molecular weight is 174 g/mol. The largest absolute Gasteiger partial charge is 0.278 e. The summed E-state index contributed by atoms with van der Waals surface area (Å²) in [5.41, 5.74) is 0. The molecule has 6 heteroatoms. The molecule has 1 fully saturated rings. The Hall–Kier alpha value is -1.14. The van der Waals surface area contributed by atoms with Gasteiger partial charge in [-0.25, -0.2) is 0 Å². The van der Waals surface area contributed by atoms with Crippen LogP contribution in [-0.2, 0) is 19.5 Å². The van der Waals surface area contributed by atoms with E-state index < -0.39 is 0 Å². The van der Waals surface area contributed by atoms with Crippen molar-refractivity contribution in [2.45, 2.75) is 26.7 Å². The highest BCUT2D eigenvalue weighted by atomic mass is 17.3. The van der Waals surface area contributed by atoms with Crippen LogP contribution in [0.25, 0.3) is 0 Å². The summed E-state index contributed by atoms with van der Waals surface area (Å²) in [6, 6.07) is 0. The molecule has 0 aromatic carbocycles. The lowest BCUT2D eigenvalue weighted by Gasteiger charge is -2.34. The van der Waals surface area contributed by atoms with Crippen molar-refractivity contribution in [3.63, 3.8) is 0 Å². The van der Waals surface area contributed by atoms with Gasteiger partial charge in [0, 0.05) is 12.8 Å². The zero-order chi connectivity index (χ0) is 9.14. The van der Waals surface area contributed by atoms with Gasteiger partial charge < -0.3 is 0 Å². The zero-order valence-electron chi connectivity index (χ0n) is 6.94. The molecular weight excluding hydrogens is 164 g/mol. The van der Waals surface area contributed by atoms with Gasteiger partial charge in [0.25, 0.3) is 11.8 Å². The van der Waals surface area contributed by atoms with Gasteiger partial charge in [-0.2, -0.15) is 0 Å². The third kappa shape index (κ3) is 1.54. The number of amides is 2. The molecule has 1 saturated heterocycles. The monoisotopic (exact) mass is 174 g/mol. The van der Waals surface area contributed by atoms with Crippen LogP contribution in [0.5, 0.6) is 0 Å². The number of nitrogens with zero attached hydrogens (tertiary/aromatic N) is 2. The van der Waals surface area contributed by atoms with E-state index in [2.05, 4.69) is 9.88 Å². The van der Waals surface area contributed by atoms with Crippen molar-refractivity contribution in [1.29, 1.82) is 0 Å². The zero-order valence-corrected chi connectivity index (χ0v) is 6.94. The summed E-state index contributed by atoms with van der Waals surface area (Å²) >= 11 is 0. The van der Waals surface area contributed by atoms with Gasteiger partial charge in [0.1, 0.15) is 0 Å². The molecule has 0 aromatic rings. The van der Waals surface area contributed by atoms with Crippen molar-refractivity contribution in [1.82, 2.24) is 10.5 Å². The Bertz CT molecular complexity index is 180. The maximum absolute atomic E-state index is 10.8. The second-order valence-electron chi connectivity index (χ2n) is 2.17. The smallest absolute Gasteiger partial charge is 0.270 e. The molecule has 6 nitrogen and oxygen atoms in total. The summed E-state index contributed by atoms with van der Waals surface area (Å²) in [7, 11) is 0. The van der Waals surface area contributed by atoms with Crippen LogP contribution >= 0.6 is 0 Å². The molecular formula is C6H10N2O4. The summed E-state index contributed by atoms with van der Waals surface area (Å²) in [6.07, 6.45) is 0.544. The first-order valence-corrected chi connectivity index (χ1v) is 3.71. The number of hydroxylamine groups is 4. The lowest BCUT2D eigenvalue weighted by Crippen LogP contribution is -2.55.